The van der Waals surface area contributed by atoms with Crippen molar-refractivity contribution in [2.45, 2.75) is 69.8 Å². The predicted octanol–water partition coefficient (Wildman–Crippen LogP) is 5.68. The Bertz CT molecular complexity index is 1500. The fraction of sp³-hybridized carbons (Fsp3) is 0.500. The summed E-state index contributed by atoms with van der Waals surface area (Å²) in [5.74, 6) is 2.71. The average Bonchev–Trinajstić information content (AvgIpc) is 3.18. The van der Waals surface area contributed by atoms with Gasteiger partial charge in [0.15, 0.2) is 5.82 Å². The van der Waals surface area contributed by atoms with Crippen LogP contribution in [0.15, 0.2) is 30.3 Å². The third-order valence-electron chi connectivity index (χ3n) is 9.38. The minimum Gasteiger partial charge on any atom is -0.357 e. The minimum atomic E-state index is -4.14. The van der Waals surface area contributed by atoms with Crippen LogP contribution in [0.1, 0.15) is 66.5 Å². The number of fused-ring (bicyclic) bond motifs is 3. The first kappa shape index (κ1) is 24.9. The molecule has 0 radical (unpaired) electrons. The molecule has 2 bridgehead atoms. The molecule has 3 saturated carbocycles. The van der Waals surface area contributed by atoms with Crippen LogP contribution in [0.3, 0.4) is 0 Å². The standard InChI is InChI=1S/C28H27ClF3N7/c1-17-19(11-33)2-5-23(34-17)37-8-6-18(7-9-37)25-36-35-24-13-38(27-14-26(15-27,16-27)28(30,31)32)12-20-10-21(29)3-4-22(20)39(24)25/h2-5,10,18H,6-9,12-16H2,1H3. The molecule has 202 valence electrons. The van der Waals surface area contributed by atoms with E-state index in [2.05, 4.69) is 35.6 Å². The third kappa shape index (κ3) is 3.70. The zero-order chi connectivity index (χ0) is 27.2. The lowest BCUT2D eigenvalue weighted by molar-refractivity contribution is -0.364. The van der Waals surface area contributed by atoms with E-state index in [9.17, 15) is 18.4 Å². The molecular weight excluding hydrogens is 527 g/mol. The van der Waals surface area contributed by atoms with Gasteiger partial charge in [0.25, 0.3) is 0 Å². The molecule has 39 heavy (non-hydrogen) atoms. The Balaban J connectivity index is 1.16. The Hall–Kier alpha value is -3.16. The fourth-order valence-electron chi connectivity index (χ4n) is 7.21. The van der Waals surface area contributed by atoms with Crippen molar-refractivity contribution < 1.29 is 13.2 Å². The molecule has 0 amide bonds. The first-order valence-electron chi connectivity index (χ1n) is 13.3. The topological polar surface area (TPSA) is 73.9 Å². The number of nitrogens with zero attached hydrogens (tertiary/aromatic N) is 7. The largest absolute Gasteiger partial charge is 0.394 e. The van der Waals surface area contributed by atoms with E-state index in [1.807, 2.05) is 37.3 Å². The number of rotatable bonds is 3. The Morgan fingerprint density at radius 2 is 1.79 bits per heavy atom. The van der Waals surface area contributed by atoms with E-state index in [0.29, 0.717) is 23.7 Å². The van der Waals surface area contributed by atoms with Gasteiger partial charge in [-0.15, -0.1) is 10.2 Å². The molecule has 3 aliphatic carbocycles. The highest BCUT2D eigenvalue weighted by Gasteiger charge is 2.79. The summed E-state index contributed by atoms with van der Waals surface area (Å²) in [6, 6.07) is 11.6. The van der Waals surface area contributed by atoms with Crippen LogP contribution in [0.25, 0.3) is 5.69 Å². The van der Waals surface area contributed by atoms with Crippen molar-refractivity contribution in [2.75, 3.05) is 18.0 Å². The summed E-state index contributed by atoms with van der Waals surface area (Å²) in [6.45, 7) is 4.44. The molecular formula is C28H27ClF3N7. The third-order valence-corrected chi connectivity index (χ3v) is 9.62. The number of anilines is 1. The summed E-state index contributed by atoms with van der Waals surface area (Å²) in [7, 11) is 0. The molecule has 2 aromatic heterocycles. The van der Waals surface area contributed by atoms with Crippen LogP contribution in [0.5, 0.6) is 0 Å². The van der Waals surface area contributed by atoms with E-state index < -0.39 is 17.1 Å². The number of aromatic nitrogens is 4. The summed E-state index contributed by atoms with van der Waals surface area (Å²) in [6.07, 6.45) is -1.95. The van der Waals surface area contributed by atoms with Gasteiger partial charge in [-0.05, 0) is 74.9 Å². The van der Waals surface area contributed by atoms with Crippen molar-refractivity contribution >= 4 is 17.4 Å². The SMILES string of the molecule is Cc1nc(N2CCC(c3nnc4n3-c3ccc(Cl)cc3CN(C35CC(C(F)(F)F)(C3)C5)C4)CC2)ccc1C#N. The molecule has 0 N–H and O–H groups in total. The number of piperidine rings is 1. The Morgan fingerprint density at radius 3 is 2.46 bits per heavy atom. The van der Waals surface area contributed by atoms with Crippen molar-refractivity contribution in [1.82, 2.24) is 24.6 Å². The average molecular weight is 554 g/mol. The molecule has 8 rings (SSSR count). The lowest BCUT2D eigenvalue weighted by Gasteiger charge is -2.73. The Labute approximate surface area is 229 Å². The normalized spacial score (nSPS) is 26.6. The number of hydrogen-bond acceptors (Lipinski definition) is 6. The van der Waals surface area contributed by atoms with Gasteiger partial charge in [-0.1, -0.05) is 11.6 Å². The summed E-state index contributed by atoms with van der Waals surface area (Å²) in [5, 5.41) is 19.1. The number of aryl methyl sites for hydroxylation is 1. The van der Waals surface area contributed by atoms with Gasteiger partial charge in [-0.2, -0.15) is 18.4 Å². The highest BCUT2D eigenvalue weighted by atomic mass is 35.5. The van der Waals surface area contributed by atoms with Crippen LogP contribution in [0.4, 0.5) is 19.0 Å². The first-order valence-corrected chi connectivity index (χ1v) is 13.7. The van der Waals surface area contributed by atoms with E-state index in [1.54, 1.807) is 0 Å². The van der Waals surface area contributed by atoms with Crippen molar-refractivity contribution in [1.29, 1.82) is 5.26 Å². The molecule has 3 aromatic rings. The number of halogens is 4. The fourth-order valence-corrected chi connectivity index (χ4v) is 7.40. The summed E-state index contributed by atoms with van der Waals surface area (Å²) in [4.78, 5) is 9.04. The second-order valence-electron chi connectivity index (χ2n) is 11.6. The summed E-state index contributed by atoms with van der Waals surface area (Å²) < 4.78 is 42.9. The number of nitriles is 1. The maximum absolute atomic E-state index is 13.6. The first-order chi connectivity index (χ1) is 18.6. The molecule has 7 nitrogen and oxygen atoms in total. The Kier molecular flexibility index (Phi) is 5.36. The molecule has 0 unspecified atom stereocenters. The van der Waals surface area contributed by atoms with Crippen molar-refractivity contribution in [2.24, 2.45) is 5.41 Å². The molecule has 11 heteroatoms. The Morgan fingerprint density at radius 1 is 1.05 bits per heavy atom. The minimum absolute atomic E-state index is 0.154. The van der Waals surface area contributed by atoms with Gasteiger partial charge < -0.3 is 4.90 Å². The number of pyridine rings is 1. The van der Waals surface area contributed by atoms with Crippen molar-refractivity contribution in [3.8, 4) is 11.8 Å². The molecule has 2 aliphatic heterocycles. The van der Waals surface area contributed by atoms with E-state index in [0.717, 1.165) is 60.3 Å². The smallest absolute Gasteiger partial charge is 0.357 e. The van der Waals surface area contributed by atoms with Gasteiger partial charge in [-0.25, -0.2) is 4.98 Å². The van der Waals surface area contributed by atoms with Gasteiger partial charge in [-0.3, -0.25) is 9.47 Å². The van der Waals surface area contributed by atoms with Crippen LogP contribution in [0.2, 0.25) is 5.02 Å². The lowest BCUT2D eigenvalue weighted by atomic mass is 9.38. The van der Waals surface area contributed by atoms with Gasteiger partial charge in [0.1, 0.15) is 17.7 Å². The maximum atomic E-state index is 13.6. The molecule has 4 heterocycles. The molecule has 1 saturated heterocycles. The molecule has 4 fully saturated rings. The van der Waals surface area contributed by atoms with E-state index >= 15 is 0 Å². The highest BCUT2D eigenvalue weighted by molar-refractivity contribution is 6.30. The molecule has 5 aliphatic rings. The monoisotopic (exact) mass is 553 g/mol. The van der Waals surface area contributed by atoms with Crippen molar-refractivity contribution in [3.05, 3.63) is 63.8 Å². The van der Waals surface area contributed by atoms with Gasteiger partial charge in [0.2, 0.25) is 0 Å². The second-order valence-corrected chi connectivity index (χ2v) is 12.1. The number of benzene rings is 1. The quantitative estimate of drug-likeness (QED) is 0.415. The van der Waals surface area contributed by atoms with E-state index in [-0.39, 0.29) is 25.2 Å². The highest BCUT2D eigenvalue weighted by Crippen LogP contribution is 2.75. The van der Waals surface area contributed by atoms with Crippen LogP contribution >= 0.6 is 11.6 Å². The predicted molar refractivity (Wildman–Crippen MR) is 139 cm³/mol. The van der Waals surface area contributed by atoms with Crippen LogP contribution in [-0.2, 0) is 13.1 Å². The maximum Gasteiger partial charge on any atom is 0.394 e. The summed E-state index contributed by atoms with van der Waals surface area (Å²) in [5.41, 5.74) is 1.31. The van der Waals surface area contributed by atoms with Crippen LogP contribution in [-0.4, -0.2) is 49.5 Å². The summed E-state index contributed by atoms with van der Waals surface area (Å²) >= 11 is 6.39. The van der Waals surface area contributed by atoms with E-state index in [4.69, 9.17) is 11.6 Å². The van der Waals surface area contributed by atoms with Gasteiger partial charge >= 0.3 is 6.18 Å². The van der Waals surface area contributed by atoms with E-state index in [1.165, 1.54) is 0 Å². The number of hydrogen-bond donors (Lipinski definition) is 0. The van der Waals surface area contributed by atoms with Gasteiger partial charge in [0.05, 0.1) is 28.9 Å². The molecule has 0 spiro atoms. The van der Waals surface area contributed by atoms with Crippen molar-refractivity contribution in [3.63, 3.8) is 0 Å². The zero-order valence-electron chi connectivity index (χ0n) is 21.5. The molecule has 1 aromatic carbocycles. The lowest BCUT2D eigenvalue weighted by Crippen LogP contribution is -2.78. The zero-order valence-corrected chi connectivity index (χ0v) is 22.2. The second kappa shape index (κ2) is 8.42. The molecule has 0 atom stereocenters. The van der Waals surface area contributed by atoms with Gasteiger partial charge in [0, 0.05) is 36.1 Å². The van der Waals surface area contributed by atoms with Crippen LogP contribution in [0, 0.1) is 23.7 Å². The number of alkyl halides is 3. The van der Waals surface area contributed by atoms with Crippen LogP contribution < -0.4 is 4.90 Å².